The highest BCUT2D eigenvalue weighted by Crippen LogP contribution is 2.20. The summed E-state index contributed by atoms with van der Waals surface area (Å²) in [5, 5.41) is 6.64. The van der Waals surface area contributed by atoms with Crippen LogP contribution >= 0.6 is 11.6 Å². The predicted molar refractivity (Wildman–Crippen MR) is 98.0 cm³/mol. The first-order chi connectivity index (χ1) is 12.9. The maximum Gasteiger partial charge on any atom is 0.239 e. The molecule has 1 aliphatic heterocycles. The Hall–Kier alpha value is -2.45. The van der Waals surface area contributed by atoms with Gasteiger partial charge < -0.3 is 14.7 Å². The molecule has 1 N–H and O–H groups in total. The quantitative estimate of drug-likeness (QED) is 0.840. The van der Waals surface area contributed by atoms with E-state index < -0.39 is 5.82 Å². The fourth-order valence-corrected chi connectivity index (χ4v) is 3.16. The van der Waals surface area contributed by atoms with E-state index in [2.05, 4.69) is 10.5 Å². The fraction of sp³-hybridized carbons (Fsp3) is 0.389. The Kier molecular flexibility index (Phi) is 6.08. The van der Waals surface area contributed by atoms with Crippen molar-refractivity contribution in [1.82, 2.24) is 15.0 Å². The summed E-state index contributed by atoms with van der Waals surface area (Å²) in [5.41, 5.74) is 0.217. The van der Waals surface area contributed by atoms with Crippen LogP contribution in [0.15, 0.2) is 28.8 Å². The summed E-state index contributed by atoms with van der Waals surface area (Å²) in [4.78, 5) is 28.1. The van der Waals surface area contributed by atoms with Gasteiger partial charge in [0.2, 0.25) is 11.8 Å². The van der Waals surface area contributed by atoms with Gasteiger partial charge >= 0.3 is 0 Å². The summed E-state index contributed by atoms with van der Waals surface area (Å²) >= 11 is 5.99. The average molecular weight is 395 g/mol. The molecule has 2 heterocycles. The van der Waals surface area contributed by atoms with Gasteiger partial charge in [0, 0.05) is 42.8 Å². The number of carbonyl (C=O) groups is 2. The van der Waals surface area contributed by atoms with Gasteiger partial charge in [0.25, 0.3) is 0 Å². The van der Waals surface area contributed by atoms with Crippen LogP contribution in [0.1, 0.15) is 11.3 Å². The lowest BCUT2D eigenvalue weighted by Crippen LogP contribution is -2.50. The minimum absolute atomic E-state index is 0.0719. The van der Waals surface area contributed by atoms with Gasteiger partial charge in [0.1, 0.15) is 11.6 Å². The van der Waals surface area contributed by atoms with Gasteiger partial charge in [-0.05, 0) is 19.1 Å². The maximum atomic E-state index is 13.8. The molecule has 0 unspecified atom stereocenters. The Morgan fingerprint density at radius 2 is 2.04 bits per heavy atom. The van der Waals surface area contributed by atoms with E-state index in [1.165, 1.54) is 12.1 Å². The number of halogens is 2. The second-order valence-corrected chi connectivity index (χ2v) is 6.81. The van der Waals surface area contributed by atoms with Crippen molar-refractivity contribution in [2.24, 2.45) is 0 Å². The average Bonchev–Trinajstić information content (AvgIpc) is 3.03. The maximum absolute atomic E-state index is 13.8. The SMILES string of the molecule is Cc1cc(NC(=O)CN2CCN(C(=O)Cc3c(F)cccc3Cl)CC2)no1. The van der Waals surface area contributed by atoms with E-state index in [9.17, 15) is 14.0 Å². The normalized spacial score (nSPS) is 15.0. The molecule has 144 valence electrons. The number of aryl methyl sites for hydroxylation is 1. The van der Waals surface area contributed by atoms with Crippen LogP contribution in [-0.2, 0) is 16.0 Å². The topological polar surface area (TPSA) is 78.7 Å². The number of aromatic nitrogens is 1. The molecule has 9 heteroatoms. The second-order valence-electron chi connectivity index (χ2n) is 6.40. The van der Waals surface area contributed by atoms with Crippen LogP contribution in [0.4, 0.5) is 10.2 Å². The zero-order chi connectivity index (χ0) is 19.4. The van der Waals surface area contributed by atoms with Crippen molar-refractivity contribution in [3.63, 3.8) is 0 Å². The smallest absolute Gasteiger partial charge is 0.239 e. The lowest BCUT2D eigenvalue weighted by atomic mass is 10.1. The monoisotopic (exact) mass is 394 g/mol. The summed E-state index contributed by atoms with van der Waals surface area (Å²) in [7, 11) is 0. The molecule has 0 radical (unpaired) electrons. The number of benzene rings is 1. The van der Waals surface area contributed by atoms with E-state index in [-0.39, 0.29) is 35.4 Å². The van der Waals surface area contributed by atoms with Crippen LogP contribution in [0.5, 0.6) is 0 Å². The first-order valence-electron chi connectivity index (χ1n) is 8.58. The van der Waals surface area contributed by atoms with E-state index in [0.29, 0.717) is 37.8 Å². The van der Waals surface area contributed by atoms with E-state index in [0.717, 1.165) is 0 Å². The first-order valence-corrected chi connectivity index (χ1v) is 8.96. The predicted octanol–water partition coefficient (Wildman–Crippen LogP) is 2.10. The summed E-state index contributed by atoms with van der Waals surface area (Å²) in [6.45, 7) is 4.01. The van der Waals surface area contributed by atoms with Gasteiger partial charge in [-0.1, -0.05) is 22.8 Å². The third-order valence-corrected chi connectivity index (χ3v) is 4.73. The Morgan fingerprint density at radius 1 is 1.30 bits per heavy atom. The molecule has 0 saturated carbocycles. The van der Waals surface area contributed by atoms with Crippen LogP contribution in [0.2, 0.25) is 5.02 Å². The van der Waals surface area contributed by atoms with Gasteiger partial charge in [-0.2, -0.15) is 0 Å². The third-order valence-electron chi connectivity index (χ3n) is 4.38. The highest BCUT2D eigenvalue weighted by Gasteiger charge is 2.24. The minimum Gasteiger partial charge on any atom is -0.360 e. The van der Waals surface area contributed by atoms with Crippen LogP contribution in [-0.4, -0.2) is 59.5 Å². The van der Waals surface area contributed by atoms with Crippen LogP contribution in [0.3, 0.4) is 0 Å². The van der Waals surface area contributed by atoms with Crippen LogP contribution in [0.25, 0.3) is 0 Å². The van der Waals surface area contributed by atoms with Gasteiger partial charge in [0.15, 0.2) is 5.82 Å². The molecular weight excluding hydrogens is 375 g/mol. The van der Waals surface area contributed by atoms with Gasteiger partial charge in [-0.15, -0.1) is 0 Å². The van der Waals surface area contributed by atoms with Gasteiger partial charge in [-0.25, -0.2) is 4.39 Å². The second kappa shape index (κ2) is 8.49. The van der Waals surface area contributed by atoms with Crippen molar-refractivity contribution in [1.29, 1.82) is 0 Å². The molecule has 1 aromatic heterocycles. The van der Waals surface area contributed by atoms with Crippen LogP contribution in [0, 0.1) is 12.7 Å². The highest BCUT2D eigenvalue weighted by atomic mass is 35.5. The number of nitrogens with one attached hydrogen (secondary N) is 1. The standard InChI is InChI=1S/C18H20ClFN4O3/c1-12-9-16(22-27-12)21-17(25)11-23-5-7-24(8-6-23)18(26)10-13-14(19)3-2-4-15(13)20/h2-4,9H,5-8,10-11H2,1H3,(H,21,22,25). The fourth-order valence-electron chi connectivity index (χ4n) is 2.93. The molecule has 2 amide bonds. The summed E-state index contributed by atoms with van der Waals surface area (Å²) in [6, 6.07) is 6.01. The number of nitrogens with zero attached hydrogens (tertiary/aromatic N) is 3. The van der Waals surface area contributed by atoms with Crippen molar-refractivity contribution in [2.75, 3.05) is 38.0 Å². The lowest BCUT2D eigenvalue weighted by Gasteiger charge is -2.34. The lowest BCUT2D eigenvalue weighted by molar-refractivity contribution is -0.132. The van der Waals surface area contributed by atoms with Crippen molar-refractivity contribution < 1.29 is 18.5 Å². The number of amides is 2. The summed E-state index contributed by atoms with van der Waals surface area (Å²) in [6.07, 6.45) is -0.0719. The molecule has 1 saturated heterocycles. The number of hydrogen-bond acceptors (Lipinski definition) is 5. The number of rotatable bonds is 5. The zero-order valence-electron chi connectivity index (χ0n) is 14.9. The number of anilines is 1. The molecule has 1 fully saturated rings. The summed E-state index contributed by atoms with van der Waals surface area (Å²) in [5.74, 6) is 0.153. The van der Waals surface area contributed by atoms with Gasteiger partial charge in [-0.3, -0.25) is 14.5 Å². The molecule has 0 bridgehead atoms. The molecular formula is C18H20ClFN4O3. The Morgan fingerprint density at radius 3 is 2.67 bits per heavy atom. The van der Waals surface area contributed by atoms with E-state index in [4.69, 9.17) is 16.1 Å². The summed E-state index contributed by atoms with van der Waals surface area (Å²) < 4.78 is 18.7. The first kappa shape index (κ1) is 19.3. The molecule has 27 heavy (non-hydrogen) atoms. The Labute approximate surface area is 161 Å². The van der Waals surface area contributed by atoms with Crippen molar-refractivity contribution in [2.45, 2.75) is 13.3 Å². The molecule has 0 spiro atoms. The zero-order valence-corrected chi connectivity index (χ0v) is 15.6. The third kappa shape index (κ3) is 5.05. The molecule has 1 aromatic carbocycles. The largest absolute Gasteiger partial charge is 0.360 e. The molecule has 1 aliphatic rings. The Balaban J connectivity index is 1.47. The van der Waals surface area contributed by atoms with Crippen molar-refractivity contribution in [3.8, 4) is 0 Å². The van der Waals surface area contributed by atoms with E-state index >= 15 is 0 Å². The Bertz CT molecular complexity index is 814. The molecule has 0 aliphatic carbocycles. The number of hydrogen-bond donors (Lipinski definition) is 1. The van der Waals surface area contributed by atoms with E-state index in [1.807, 2.05) is 4.90 Å². The van der Waals surface area contributed by atoms with Crippen LogP contribution < -0.4 is 5.32 Å². The van der Waals surface area contributed by atoms with Gasteiger partial charge in [0.05, 0.1) is 13.0 Å². The molecule has 2 aromatic rings. The van der Waals surface area contributed by atoms with E-state index in [1.54, 1.807) is 24.0 Å². The van der Waals surface area contributed by atoms with Crippen molar-refractivity contribution >= 4 is 29.2 Å². The van der Waals surface area contributed by atoms with Crippen molar-refractivity contribution in [3.05, 3.63) is 46.4 Å². The number of piperazine rings is 1. The molecule has 3 rings (SSSR count). The number of carbonyl (C=O) groups excluding carboxylic acids is 2. The molecule has 7 nitrogen and oxygen atoms in total. The molecule has 0 atom stereocenters. The minimum atomic E-state index is -0.478. The highest BCUT2D eigenvalue weighted by molar-refractivity contribution is 6.31.